The second kappa shape index (κ2) is 8.87. The molecule has 2 aromatic carbocycles. The van der Waals surface area contributed by atoms with Crippen molar-refractivity contribution in [3.63, 3.8) is 0 Å². The summed E-state index contributed by atoms with van der Waals surface area (Å²) in [5, 5.41) is 12.7. The van der Waals surface area contributed by atoms with E-state index in [1.807, 2.05) is 6.07 Å². The van der Waals surface area contributed by atoms with Gasteiger partial charge in [-0.05, 0) is 24.3 Å². The maximum atomic E-state index is 13.8. The van der Waals surface area contributed by atoms with E-state index in [9.17, 15) is 14.4 Å². The van der Waals surface area contributed by atoms with Gasteiger partial charge in [-0.2, -0.15) is 5.26 Å². The van der Waals surface area contributed by atoms with E-state index >= 15 is 0 Å². The van der Waals surface area contributed by atoms with Gasteiger partial charge in [-0.15, -0.1) is 0 Å². The number of benzene rings is 2. The van der Waals surface area contributed by atoms with Crippen LogP contribution in [0.25, 0.3) is 11.3 Å². The highest BCUT2D eigenvalue weighted by Crippen LogP contribution is 2.30. The molecule has 0 saturated carbocycles. The van der Waals surface area contributed by atoms with Crippen LogP contribution in [0.4, 0.5) is 4.39 Å². The molecule has 3 rings (SSSR count). The van der Waals surface area contributed by atoms with Crippen molar-refractivity contribution in [3.05, 3.63) is 76.0 Å². The Morgan fingerprint density at radius 3 is 2.79 bits per heavy atom. The van der Waals surface area contributed by atoms with Gasteiger partial charge in [0.05, 0.1) is 17.3 Å². The first-order valence-corrected chi connectivity index (χ1v) is 9.07. The van der Waals surface area contributed by atoms with Gasteiger partial charge >= 0.3 is 0 Å². The highest BCUT2D eigenvalue weighted by molar-refractivity contribution is 6.36. The lowest BCUT2D eigenvalue weighted by atomic mass is 10.1. The monoisotopic (exact) mass is 417 g/mol. The first-order chi connectivity index (χ1) is 13.5. The molecule has 0 saturated heterocycles. The maximum absolute atomic E-state index is 13.8. The topological polar surface area (TPSA) is 78.9 Å². The van der Waals surface area contributed by atoms with Crippen molar-refractivity contribution >= 4 is 29.1 Å². The summed E-state index contributed by atoms with van der Waals surface area (Å²) >= 11 is 12.0. The maximum Gasteiger partial charge on any atom is 0.221 e. The summed E-state index contributed by atoms with van der Waals surface area (Å²) in [6.45, 7) is 0. The number of rotatable bonds is 6. The average Bonchev–Trinajstić information content (AvgIpc) is 3.14. The molecule has 1 N–H and O–H groups in total. The second-order valence-electron chi connectivity index (χ2n) is 5.89. The van der Waals surface area contributed by atoms with Crippen LogP contribution in [-0.2, 0) is 11.2 Å². The van der Waals surface area contributed by atoms with Crippen molar-refractivity contribution in [1.82, 2.24) is 10.3 Å². The molecule has 5 nitrogen and oxygen atoms in total. The largest absolute Gasteiger partial charge is 0.441 e. The lowest BCUT2D eigenvalue weighted by molar-refractivity contribution is -0.121. The van der Waals surface area contributed by atoms with Crippen LogP contribution in [0.5, 0.6) is 0 Å². The number of nitrogens with zero attached hydrogens (tertiary/aromatic N) is 2. The molecule has 1 atom stereocenters. The number of oxazole rings is 1. The van der Waals surface area contributed by atoms with Crippen LogP contribution >= 0.6 is 23.2 Å². The third-order valence-corrected chi connectivity index (χ3v) is 4.51. The third kappa shape index (κ3) is 4.69. The van der Waals surface area contributed by atoms with Crippen molar-refractivity contribution in [2.24, 2.45) is 0 Å². The third-order valence-electron chi connectivity index (χ3n) is 3.97. The Morgan fingerprint density at radius 1 is 1.29 bits per heavy atom. The Balaban J connectivity index is 1.61. The minimum absolute atomic E-state index is 0.0287. The van der Waals surface area contributed by atoms with Crippen molar-refractivity contribution in [2.75, 3.05) is 0 Å². The molecule has 1 aromatic heterocycles. The number of hydrogen-bond acceptors (Lipinski definition) is 4. The first kappa shape index (κ1) is 19.9. The fourth-order valence-electron chi connectivity index (χ4n) is 2.58. The van der Waals surface area contributed by atoms with E-state index in [2.05, 4.69) is 10.3 Å². The van der Waals surface area contributed by atoms with Gasteiger partial charge in [0.2, 0.25) is 5.91 Å². The Labute approximate surface area is 170 Å². The summed E-state index contributed by atoms with van der Waals surface area (Å²) in [4.78, 5) is 16.3. The predicted molar refractivity (Wildman–Crippen MR) is 103 cm³/mol. The molecular weight excluding hydrogens is 404 g/mol. The Bertz CT molecular complexity index is 1050. The molecule has 0 fully saturated rings. The van der Waals surface area contributed by atoms with Crippen LogP contribution in [0.1, 0.15) is 23.9 Å². The van der Waals surface area contributed by atoms with Gasteiger partial charge in [0.25, 0.3) is 0 Å². The molecule has 142 valence electrons. The van der Waals surface area contributed by atoms with Crippen molar-refractivity contribution in [3.8, 4) is 17.4 Å². The summed E-state index contributed by atoms with van der Waals surface area (Å²) in [6.07, 6.45) is 1.76. The lowest BCUT2D eigenvalue weighted by Gasteiger charge is -2.12. The second-order valence-corrected chi connectivity index (χ2v) is 6.74. The Hall–Kier alpha value is -2.88. The summed E-state index contributed by atoms with van der Waals surface area (Å²) in [5.41, 5.74) is 0.757. The molecule has 3 aromatic rings. The highest BCUT2D eigenvalue weighted by atomic mass is 35.5. The zero-order chi connectivity index (χ0) is 20.1. The van der Waals surface area contributed by atoms with Crippen LogP contribution in [-0.4, -0.2) is 10.9 Å². The molecule has 0 aliphatic heterocycles. The van der Waals surface area contributed by atoms with E-state index in [0.717, 1.165) is 0 Å². The fraction of sp³-hybridized carbons (Fsp3) is 0.150. The molecule has 1 heterocycles. The van der Waals surface area contributed by atoms with Gasteiger partial charge in [-0.1, -0.05) is 41.4 Å². The number of aromatic nitrogens is 1. The van der Waals surface area contributed by atoms with E-state index in [1.54, 1.807) is 24.3 Å². The number of carbonyl (C=O) groups is 1. The van der Waals surface area contributed by atoms with Crippen LogP contribution in [0.2, 0.25) is 10.0 Å². The Morgan fingerprint density at radius 2 is 2.07 bits per heavy atom. The number of aryl methyl sites for hydroxylation is 1. The standard InChI is InChI=1S/C20H14Cl2FN3O2/c21-12-5-6-13(15(22)9-12)18-11-25-20(28-18)8-7-19(27)26-17(10-24)14-3-1-2-4-16(14)23/h1-6,9,11,17H,7-8H2,(H,26,27). The number of hydrogen-bond donors (Lipinski definition) is 1. The van der Waals surface area contributed by atoms with Crippen molar-refractivity contribution in [2.45, 2.75) is 18.9 Å². The summed E-state index contributed by atoms with van der Waals surface area (Å²) in [5.74, 6) is -0.167. The number of nitriles is 1. The molecule has 1 unspecified atom stereocenters. The number of nitrogens with one attached hydrogen (secondary N) is 1. The van der Waals surface area contributed by atoms with E-state index < -0.39 is 17.8 Å². The molecule has 0 bridgehead atoms. The molecular formula is C20H14Cl2FN3O2. The molecule has 0 radical (unpaired) electrons. The number of carbonyl (C=O) groups excluding carboxylic acids is 1. The molecule has 0 spiro atoms. The van der Waals surface area contributed by atoms with Crippen LogP contribution in [0.3, 0.4) is 0 Å². The minimum Gasteiger partial charge on any atom is -0.441 e. The van der Waals surface area contributed by atoms with E-state index in [0.29, 0.717) is 27.3 Å². The number of halogens is 3. The van der Waals surface area contributed by atoms with Gasteiger partial charge in [-0.25, -0.2) is 9.37 Å². The fourth-order valence-corrected chi connectivity index (χ4v) is 3.08. The van der Waals surface area contributed by atoms with E-state index in [1.165, 1.54) is 24.4 Å². The van der Waals surface area contributed by atoms with Crippen molar-refractivity contribution < 1.29 is 13.6 Å². The van der Waals surface area contributed by atoms with Gasteiger partial charge < -0.3 is 9.73 Å². The normalized spacial score (nSPS) is 11.6. The molecule has 8 heteroatoms. The highest BCUT2D eigenvalue weighted by Gasteiger charge is 2.18. The summed E-state index contributed by atoms with van der Waals surface area (Å²) < 4.78 is 19.4. The molecule has 1 amide bonds. The SMILES string of the molecule is N#CC(NC(=O)CCc1ncc(-c2ccc(Cl)cc2Cl)o1)c1ccccc1F. The smallest absolute Gasteiger partial charge is 0.221 e. The minimum atomic E-state index is -1.07. The average molecular weight is 418 g/mol. The van der Waals surface area contributed by atoms with Gasteiger partial charge in [0, 0.05) is 29.0 Å². The molecule has 0 aliphatic carbocycles. The van der Waals surface area contributed by atoms with Gasteiger partial charge in [0.1, 0.15) is 11.9 Å². The molecule has 28 heavy (non-hydrogen) atoms. The Kier molecular flexibility index (Phi) is 6.30. The van der Waals surface area contributed by atoms with Crippen LogP contribution in [0.15, 0.2) is 53.1 Å². The zero-order valence-electron chi connectivity index (χ0n) is 14.5. The van der Waals surface area contributed by atoms with Crippen LogP contribution in [0, 0.1) is 17.1 Å². The van der Waals surface area contributed by atoms with E-state index in [-0.39, 0.29) is 18.4 Å². The van der Waals surface area contributed by atoms with Gasteiger partial charge in [0.15, 0.2) is 11.7 Å². The van der Waals surface area contributed by atoms with E-state index in [4.69, 9.17) is 27.6 Å². The first-order valence-electron chi connectivity index (χ1n) is 8.31. The lowest BCUT2D eigenvalue weighted by Crippen LogP contribution is -2.28. The summed E-state index contributed by atoms with van der Waals surface area (Å²) in [7, 11) is 0. The molecule has 0 aliphatic rings. The van der Waals surface area contributed by atoms with Crippen LogP contribution < -0.4 is 5.32 Å². The zero-order valence-corrected chi connectivity index (χ0v) is 16.0. The van der Waals surface area contributed by atoms with Crippen molar-refractivity contribution in [1.29, 1.82) is 5.26 Å². The quantitative estimate of drug-likeness (QED) is 0.604. The predicted octanol–water partition coefficient (Wildman–Crippen LogP) is 5.10. The number of amides is 1. The summed E-state index contributed by atoms with van der Waals surface area (Å²) in [6, 6.07) is 11.6. The van der Waals surface area contributed by atoms with Gasteiger partial charge in [-0.3, -0.25) is 4.79 Å².